The third-order valence-electron chi connectivity index (χ3n) is 2.23. The van der Waals surface area contributed by atoms with Crippen LogP contribution in [0.15, 0.2) is 60.5 Å². The van der Waals surface area contributed by atoms with Crippen LogP contribution in [-0.4, -0.2) is 10.2 Å². The van der Waals surface area contributed by atoms with Crippen LogP contribution in [0.1, 0.15) is 5.56 Å². The van der Waals surface area contributed by atoms with Crippen LogP contribution in [-0.2, 0) is 0 Å². The number of benzene rings is 2. The quantitative estimate of drug-likeness (QED) is 0.665. The van der Waals surface area contributed by atoms with Gasteiger partial charge in [-0.2, -0.15) is 5.48 Å². The predicted octanol–water partition coefficient (Wildman–Crippen LogP) is 2.83. The number of nitrogens with one attached hydrogen (secondary N) is 1. The number of para-hydroxylation sites is 2. The molecule has 0 radical (unpaired) electrons. The van der Waals surface area contributed by atoms with Crippen molar-refractivity contribution in [3.8, 4) is 11.5 Å². The number of aliphatic hydroxyl groups excluding tert-OH is 1. The molecule has 2 aromatic rings. The minimum atomic E-state index is 0.0312. The average molecular weight is 243 g/mol. The van der Waals surface area contributed by atoms with Crippen molar-refractivity contribution >= 4 is 6.08 Å². The summed E-state index contributed by atoms with van der Waals surface area (Å²) in [7, 11) is 0. The van der Waals surface area contributed by atoms with Crippen molar-refractivity contribution in [2.75, 3.05) is 0 Å². The van der Waals surface area contributed by atoms with Gasteiger partial charge in [0, 0.05) is 11.6 Å². The molecule has 3 rings (SSSR count). The maximum atomic E-state index is 8.98. The van der Waals surface area contributed by atoms with Crippen molar-refractivity contribution in [3.63, 3.8) is 0 Å². The fraction of sp³-hybridized carbons (Fsp3) is 0. The summed E-state index contributed by atoms with van der Waals surface area (Å²) in [5.74, 6) is 1.08. The number of phenols is 1. The molecule has 0 saturated heterocycles. The molecule has 0 fully saturated rings. The van der Waals surface area contributed by atoms with E-state index in [2.05, 4.69) is 5.48 Å². The molecule has 0 amide bonds. The van der Waals surface area contributed by atoms with Crippen LogP contribution in [0.2, 0.25) is 0 Å². The fourth-order valence-electron chi connectivity index (χ4n) is 1.40. The monoisotopic (exact) mass is 243 g/mol. The molecule has 0 atom stereocenters. The van der Waals surface area contributed by atoms with Gasteiger partial charge in [0.05, 0.1) is 0 Å². The van der Waals surface area contributed by atoms with Crippen LogP contribution < -0.4 is 10.3 Å². The van der Waals surface area contributed by atoms with Crippen molar-refractivity contribution in [1.29, 1.82) is 0 Å². The molecule has 1 heterocycles. The van der Waals surface area contributed by atoms with Gasteiger partial charge in [-0.3, -0.25) is 0 Å². The Hall–Kier alpha value is -2.62. The Morgan fingerprint density at radius 2 is 1.50 bits per heavy atom. The largest absolute Gasteiger partial charge is 0.508 e. The van der Waals surface area contributed by atoms with Crippen molar-refractivity contribution < 1.29 is 15.1 Å². The van der Waals surface area contributed by atoms with Gasteiger partial charge in [-0.25, -0.2) is 0 Å². The molecule has 0 saturated carbocycles. The standard InChI is InChI=1S/C8H7NO2.C6H6O/c10-8-5-6-3-1-2-4-7(6)11-9-8;7-6-4-2-1-3-5-6/h1-5,9-10H;1-5,7H. The highest BCUT2D eigenvalue weighted by molar-refractivity contribution is 5.59. The van der Waals surface area contributed by atoms with Gasteiger partial charge < -0.3 is 15.1 Å². The lowest BCUT2D eigenvalue weighted by atomic mass is 10.2. The molecule has 4 heteroatoms. The molecule has 0 aromatic heterocycles. The second-order valence-corrected chi connectivity index (χ2v) is 3.61. The zero-order valence-electron chi connectivity index (χ0n) is 9.58. The Bertz CT molecular complexity index is 538. The molecule has 1 aliphatic heterocycles. The zero-order valence-corrected chi connectivity index (χ0v) is 9.58. The summed E-state index contributed by atoms with van der Waals surface area (Å²) in [5, 5.41) is 17.6. The summed E-state index contributed by atoms with van der Waals surface area (Å²) in [6, 6.07) is 16.2. The summed E-state index contributed by atoms with van der Waals surface area (Å²) in [6.45, 7) is 0. The third-order valence-corrected chi connectivity index (χ3v) is 2.23. The van der Waals surface area contributed by atoms with Crippen LogP contribution in [0.3, 0.4) is 0 Å². The van der Waals surface area contributed by atoms with Gasteiger partial charge >= 0.3 is 0 Å². The van der Waals surface area contributed by atoms with E-state index in [9.17, 15) is 0 Å². The van der Waals surface area contributed by atoms with E-state index in [1.807, 2.05) is 30.3 Å². The number of phenolic OH excluding ortho intramolecular Hbond substituents is 1. The van der Waals surface area contributed by atoms with Crippen molar-refractivity contribution in [1.82, 2.24) is 5.48 Å². The lowest BCUT2D eigenvalue weighted by Crippen LogP contribution is -2.20. The molecule has 0 unspecified atom stereocenters. The van der Waals surface area contributed by atoms with E-state index < -0.39 is 0 Å². The summed E-state index contributed by atoms with van der Waals surface area (Å²) >= 11 is 0. The molecule has 0 aliphatic carbocycles. The molecule has 0 spiro atoms. The zero-order chi connectivity index (χ0) is 12.8. The molecular formula is C14H13NO3. The van der Waals surface area contributed by atoms with E-state index in [0.29, 0.717) is 5.75 Å². The maximum Gasteiger partial charge on any atom is 0.218 e. The Balaban J connectivity index is 0.000000149. The molecule has 3 N–H and O–H groups in total. The molecular weight excluding hydrogens is 230 g/mol. The maximum absolute atomic E-state index is 8.98. The number of hydrogen-bond acceptors (Lipinski definition) is 4. The Morgan fingerprint density at radius 1 is 0.833 bits per heavy atom. The van der Waals surface area contributed by atoms with Crippen molar-refractivity contribution in [3.05, 3.63) is 66.0 Å². The second kappa shape index (κ2) is 5.63. The minimum Gasteiger partial charge on any atom is -0.508 e. The number of rotatable bonds is 0. The normalized spacial score (nSPS) is 11.9. The average Bonchev–Trinajstić information content (AvgIpc) is 2.40. The summed E-state index contributed by atoms with van der Waals surface area (Å²) in [6.07, 6.45) is 1.61. The Labute approximate surface area is 105 Å². The number of aromatic hydroxyl groups is 1. The highest BCUT2D eigenvalue weighted by atomic mass is 16.7. The number of hydrogen-bond donors (Lipinski definition) is 3. The number of hydroxylamine groups is 1. The van der Waals surface area contributed by atoms with E-state index in [-0.39, 0.29) is 5.88 Å². The van der Waals surface area contributed by atoms with Crippen LogP contribution in [0.4, 0.5) is 0 Å². The first kappa shape index (κ1) is 11.9. The van der Waals surface area contributed by atoms with Gasteiger partial charge in [-0.15, -0.1) is 0 Å². The summed E-state index contributed by atoms with van der Waals surface area (Å²) in [4.78, 5) is 4.97. The highest BCUT2D eigenvalue weighted by Crippen LogP contribution is 2.22. The molecule has 18 heavy (non-hydrogen) atoms. The van der Waals surface area contributed by atoms with Gasteiger partial charge in [-0.1, -0.05) is 36.4 Å². The molecule has 2 aromatic carbocycles. The number of fused-ring (bicyclic) bond motifs is 1. The predicted molar refractivity (Wildman–Crippen MR) is 68.9 cm³/mol. The minimum absolute atomic E-state index is 0.0312. The first-order valence-electron chi connectivity index (χ1n) is 5.42. The topological polar surface area (TPSA) is 61.7 Å². The molecule has 4 nitrogen and oxygen atoms in total. The summed E-state index contributed by atoms with van der Waals surface area (Å²) < 4.78 is 0. The highest BCUT2D eigenvalue weighted by Gasteiger charge is 2.07. The van der Waals surface area contributed by atoms with Gasteiger partial charge in [-0.05, 0) is 18.2 Å². The second-order valence-electron chi connectivity index (χ2n) is 3.61. The van der Waals surface area contributed by atoms with Crippen LogP contribution in [0.25, 0.3) is 6.08 Å². The first-order valence-corrected chi connectivity index (χ1v) is 5.42. The molecule has 92 valence electrons. The van der Waals surface area contributed by atoms with Crippen molar-refractivity contribution in [2.45, 2.75) is 0 Å². The Morgan fingerprint density at radius 3 is 2.17 bits per heavy atom. The van der Waals surface area contributed by atoms with E-state index >= 15 is 0 Å². The van der Waals surface area contributed by atoms with Crippen LogP contribution in [0.5, 0.6) is 11.5 Å². The first-order chi connectivity index (χ1) is 8.75. The third kappa shape index (κ3) is 3.18. The van der Waals surface area contributed by atoms with Gasteiger partial charge in [0.2, 0.25) is 5.88 Å². The fourth-order valence-corrected chi connectivity index (χ4v) is 1.40. The molecule has 1 aliphatic rings. The van der Waals surface area contributed by atoms with E-state index in [1.54, 1.807) is 30.3 Å². The van der Waals surface area contributed by atoms with E-state index in [4.69, 9.17) is 15.1 Å². The Kier molecular flexibility index (Phi) is 3.71. The van der Waals surface area contributed by atoms with Crippen LogP contribution >= 0.6 is 0 Å². The lowest BCUT2D eigenvalue weighted by molar-refractivity contribution is 0.161. The van der Waals surface area contributed by atoms with E-state index in [1.165, 1.54) is 0 Å². The summed E-state index contributed by atoms with van der Waals surface area (Å²) in [5.41, 5.74) is 3.23. The van der Waals surface area contributed by atoms with Crippen LogP contribution in [0, 0.1) is 0 Å². The smallest absolute Gasteiger partial charge is 0.218 e. The van der Waals surface area contributed by atoms with E-state index in [0.717, 1.165) is 11.3 Å². The van der Waals surface area contributed by atoms with Gasteiger partial charge in [0.1, 0.15) is 5.75 Å². The molecule has 0 bridgehead atoms. The van der Waals surface area contributed by atoms with Gasteiger partial charge in [0.25, 0.3) is 0 Å². The van der Waals surface area contributed by atoms with Crippen molar-refractivity contribution in [2.24, 2.45) is 0 Å². The SMILES string of the molecule is OC1=Cc2ccccc2ON1.Oc1ccccc1. The number of aliphatic hydroxyl groups is 1. The lowest BCUT2D eigenvalue weighted by Gasteiger charge is -2.14. The van der Waals surface area contributed by atoms with Gasteiger partial charge in [0.15, 0.2) is 5.75 Å².